The maximum Gasteiger partial charge on any atom is 0.317 e. The van der Waals surface area contributed by atoms with Gasteiger partial charge in [0.1, 0.15) is 0 Å². The van der Waals surface area contributed by atoms with Crippen molar-refractivity contribution in [3.63, 3.8) is 0 Å². The van der Waals surface area contributed by atoms with E-state index in [1.807, 2.05) is 13.0 Å². The summed E-state index contributed by atoms with van der Waals surface area (Å²) >= 11 is 0. The first kappa shape index (κ1) is 12.2. The average Bonchev–Trinajstić information content (AvgIpc) is 2.21. The van der Waals surface area contributed by atoms with Gasteiger partial charge in [0.25, 0.3) is 0 Å². The minimum atomic E-state index is -0.878. The predicted molar refractivity (Wildman–Crippen MR) is 60.7 cm³/mol. The molecular formula is C12H14N2O2. The number of aliphatic carboxylic acids is 1. The van der Waals surface area contributed by atoms with Crippen molar-refractivity contribution in [1.29, 1.82) is 0 Å². The van der Waals surface area contributed by atoms with E-state index in [0.29, 0.717) is 13.1 Å². The van der Waals surface area contributed by atoms with E-state index < -0.39 is 5.97 Å². The van der Waals surface area contributed by atoms with Crippen molar-refractivity contribution < 1.29 is 9.90 Å². The number of carboxylic acid groups (broad SMARTS) is 1. The van der Waals surface area contributed by atoms with Gasteiger partial charge in [0.15, 0.2) is 0 Å². The molecule has 0 aliphatic heterocycles. The zero-order valence-electron chi connectivity index (χ0n) is 9.18. The number of hydrogen-bond acceptors (Lipinski definition) is 3. The number of nitrogens with zero attached hydrogens (tertiary/aromatic N) is 2. The highest BCUT2D eigenvalue weighted by atomic mass is 16.4. The molecule has 1 heterocycles. The van der Waals surface area contributed by atoms with Gasteiger partial charge in [-0.15, -0.1) is 6.42 Å². The Morgan fingerprint density at radius 1 is 1.69 bits per heavy atom. The van der Waals surface area contributed by atoms with Crippen molar-refractivity contribution in [3.05, 3.63) is 29.6 Å². The molecule has 0 aliphatic rings. The lowest BCUT2D eigenvalue weighted by atomic mass is 10.1. The molecule has 1 aromatic rings. The van der Waals surface area contributed by atoms with Gasteiger partial charge in [-0.2, -0.15) is 0 Å². The third-order valence-corrected chi connectivity index (χ3v) is 2.22. The van der Waals surface area contributed by atoms with Gasteiger partial charge in [0.2, 0.25) is 0 Å². The second kappa shape index (κ2) is 5.89. The zero-order chi connectivity index (χ0) is 12.0. The Labute approximate surface area is 94.9 Å². The van der Waals surface area contributed by atoms with Gasteiger partial charge in [-0.3, -0.25) is 14.7 Å². The number of terminal acetylenes is 1. The number of hydrogen-bond donors (Lipinski definition) is 1. The number of aryl methyl sites for hydroxylation is 1. The number of rotatable bonds is 5. The molecule has 1 N–H and O–H groups in total. The van der Waals surface area contributed by atoms with Gasteiger partial charge in [-0.1, -0.05) is 5.92 Å². The van der Waals surface area contributed by atoms with Crippen LogP contribution in [0.1, 0.15) is 11.1 Å². The molecule has 0 bridgehead atoms. The number of carbonyl (C=O) groups is 1. The molecule has 0 radical (unpaired) electrons. The monoisotopic (exact) mass is 218 g/mol. The largest absolute Gasteiger partial charge is 0.480 e. The van der Waals surface area contributed by atoms with E-state index in [4.69, 9.17) is 11.5 Å². The van der Waals surface area contributed by atoms with Crippen LogP contribution in [0.3, 0.4) is 0 Å². The maximum atomic E-state index is 10.6. The number of aromatic nitrogens is 1. The Hall–Kier alpha value is -1.86. The Morgan fingerprint density at radius 2 is 2.44 bits per heavy atom. The molecule has 0 atom stereocenters. The van der Waals surface area contributed by atoms with Gasteiger partial charge < -0.3 is 5.11 Å². The summed E-state index contributed by atoms with van der Waals surface area (Å²) in [6.07, 6.45) is 8.64. The van der Waals surface area contributed by atoms with Crippen LogP contribution in [0.2, 0.25) is 0 Å². The van der Waals surface area contributed by atoms with Gasteiger partial charge >= 0.3 is 5.97 Å². The van der Waals surface area contributed by atoms with Gasteiger partial charge in [0.05, 0.1) is 13.1 Å². The standard InChI is InChI=1S/C12H14N2O2/c1-3-6-14(9-12(15)16)8-11-7-13-5-4-10(11)2/h1,4-5,7H,6,8-9H2,2H3,(H,15,16). The molecule has 0 saturated heterocycles. The topological polar surface area (TPSA) is 53.4 Å². The quantitative estimate of drug-likeness (QED) is 0.746. The normalized spacial score (nSPS) is 10.1. The fourth-order valence-corrected chi connectivity index (χ4v) is 1.39. The molecule has 0 spiro atoms. The predicted octanol–water partition coefficient (Wildman–Crippen LogP) is 0.910. The minimum Gasteiger partial charge on any atom is -0.480 e. The van der Waals surface area contributed by atoms with Crippen molar-refractivity contribution in [2.75, 3.05) is 13.1 Å². The van der Waals surface area contributed by atoms with E-state index in [2.05, 4.69) is 10.9 Å². The summed E-state index contributed by atoms with van der Waals surface area (Å²) in [6.45, 7) is 2.74. The molecule has 1 rings (SSSR count). The molecule has 4 heteroatoms. The molecule has 0 amide bonds. The summed E-state index contributed by atoms with van der Waals surface area (Å²) < 4.78 is 0. The van der Waals surface area contributed by atoms with Crippen LogP contribution in [-0.4, -0.2) is 34.0 Å². The van der Waals surface area contributed by atoms with E-state index in [1.54, 1.807) is 17.3 Å². The Kier molecular flexibility index (Phi) is 4.49. The van der Waals surface area contributed by atoms with Crippen LogP contribution in [-0.2, 0) is 11.3 Å². The summed E-state index contributed by atoms with van der Waals surface area (Å²) in [4.78, 5) is 16.3. The van der Waals surface area contributed by atoms with E-state index in [-0.39, 0.29) is 6.54 Å². The number of carboxylic acids is 1. The molecule has 84 valence electrons. The van der Waals surface area contributed by atoms with Crippen molar-refractivity contribution >= 4 is 5.97 Å². The highest BCUT2D eigenvalue weighted by molar-refractivity contribution is 5.69. The first-order chi connectivity index (χ1) is 7.63. The van der Waals surface area contributed by atoms with Crippen molar-refractivity contribution in [2.24, 2.45) is 0 Å². The van der Waals surface area contributed by atoms with E-state index in [1.165, 1.54) is 0 Å². The van der Waals surface area contributed by atoms with Crippen LogP contribution >= 0.6 is 0 Å². The average molecular weight is 218 g/mol. The summed E-state index contributed by atoms with van der Waals surface area (Å²) in [6, 6.07) is 1.89. The van der Waals surface area contributed by atoms with Crippen molar-refractivity contribution in [2.45, 2.75) is 13.5 Å². The fourth-order valence-electron chi connectivity index (χ4n) is 1.39. The third kappa shape index (κ3) is 3.71. The summed E-state index contributed by atoms with van der Waals surface area (Å²) in [5.74, 6) is 1.58. The van der Waals surface area contributed by atoms with Crippen LogP contribution in [0.15, 0.2) is 18.5 Å². The lowest BCUT2D eigenvalue weighted by molar-refractivity contribution is -0.138. The fraction of sp³-hybridized carbons (Fsp3) is 0.333. The molecule has 0 aromatic carbocycles. The third-order valence-electron chi connectivity index (χ3n) is 2.22. The first-order valence-electron chi connectivity index (χ1n) is 4.90. The van der Waals surface area contributed by atoms with Crippen LogP contribution in [0, 0.1) is 19.3 Å². The van der Waals surface area contributed by atoms with Crippen LogP contribution in [0.4, 0.5) is 0 Å². The molecule has 4 nitrogen and oxygen atoms in total. The smallest absolute Gasteiger partial charge is 0.317 e. The molecule has 0 unspecified atom stereocenters. The molecule has 16 heavy (non-hydrogen) atoms. The summed E-state index contributed by atoms with van der Waals surface area (Å²) in [5, 5.41) is 8.73. The lowest BCUT2D eigenvalue weighted by Crippen LogP contribution is -2.30. The zero-order valence-corrected chi connectivity index (χ0v) is 9.18. The SMILES string of the molecule is C#CCN(CC(=O)O)Cc1cnccc1C. The molecule has 0 aliphatic carbocycles. The van der Waals surface area contributed by atoms with Crippen LogP contribution in [0.25, 0.3) is 0 Å². The van der Waals surface area contributed by atoms with Crippen molar-refractivity contribution in [1.82, 2.24) is 9.88 Å². The Morgan fingerprint density at radius 3 is 3.00 bits per heavy atom. The molecule has 0 fully saturated rings. The molecule has 1 aromatic heterocycles. The lowest BCUT2D eigenvalue weighted by Gasteiger charge is -2.18. The second-order valence-corrected chi connectivity index (χ2v) is 3.55. The summed E-state index contributed by atoms with van der Waals surface area (Å²) in [5.41, 5.74) is 2.08. The maximum absolute atomic E-state index is 10.6. The highest BCUT2D eigenvalue weighted by Gasteiger charge is 2.10. The van der Waals surface area contributed by atoms with Gasteiger partial charge in [-0.05, 0) is 24.1 Å². The second-order valence-electron chi connectivity index (χ2n) is 3.55. The summed E-state index contributed by atoms with van der Waals surface area (Å²) in [7, 11) is 0. The van der Waals surface area contributed by atoms with Gasteiger partial charge in [-0.25, -0.2) is 0 Å². The van der Waals surface area contributed by atoms with E-state index in [9.17, 15) is 4.79 Å². The molecular weight excluding hydrogens is 204 g/mol. The van der Waals surface area contributed by atoms with Crippen molar-refractivity contribution in [3.8, 4) is 12.3 Å². The molecule has 0 saturated carbocycles. The van der Waals surface area contributed by atoms with Gasteiger partial charge in [0, 0.05) is 18.9 Å². The minimum absolute atomic E-state index is 0.0570. The van der Waals surface area contributed by atoms with E-state index >= 15 is 0 Å². The Bertz CT molecular complexity index is 410. The van der Waals surface area contributed by atoms with E-state index in [0.717, 1.165) is 11.1 Å². The first-order valence-corrected chi connectivity index (χ1v) is 4.90. The van der Waals surface area contributed by atoms with Crippen LogP contribution in [0.5, 0.6) is 0 Å². The Balaban J connectivity index is 2.72. The number of pyridine rings is 1. The highest BCUT2D eigenvalue weighted by Crippen LogP contribution is 2.08. The van der Waals surface area contributed by atoms with Crippen LogP contribution < -0.4 is 0 Å².